The fourth-order valence-electron chi connectivity index (χ4n) is 3.93. The first-order valence-electron chi connectivity index (χ1n) is 7.96. The van der Waals surface area contributed by atoms with Gasteiger partial charge in [0.2, 0.25) is 0 Å². The molecule has 1 aromatic rings. The second-order valence-electron chi connectivity index (χ2n) is 6.81. The molecule has 2 heterocycles. The zero-order chi connectivity index (χ0) is 13.6. The van der Waals surface area contributed by atoms with Crippen LogP contribution in [0.25, 0.3) is 0 Å². The average Bonchev–Trinajstić information content (AvgIpc) is 3.23. The lowest BCUT2D eigenvalue weighted by molar-refractivity contribution is 0.0249. The van der Waals surface area contributed by atoms with Crippen LogP contribution in [0.15, 0.2) is 24.3 Å². The number of rotatable bonds is 3. The van der Waals surface area contributed by atoms with E-state index in [-0.39, 0.29) is 0 Å². The molecule has 3 nitrogen and oxygen atoms in total. The molecule has 108 valence electrons. The Labute approximate surface area is 121 Å². The van der Waals surface area contributed by atoms with E-state index in [2.05, 4.69) is 41.4 Å². The molecule has 1 aliphatic carbocycles. The predicted molar refractivity (Wildman–Crippen MR) is 80.1 cm³/mol. The van der Waals surface area contributed by atoms with E-state index in [4.69, 9.17) is 4.74 Å². The molecular weight excluding hydrogens is 248 g/mol. The molecule has 0 amide bonds. The average molecular weight is 272 g/mol. The Balaban J connectivity index is 1.46. The van der Waals surface area contributed by atoms with E-state index in [9.17, 15) is 0 Å². The van der Waals surface area contributed by atoms with Gasteiger partial charge >= 0.3 is 0 Å². The molecule has 3 aliphatic rings. The minimum absolute atomic E-state index is 0.337. The van der Waals surface area contributed by atoms with Crippen LogP contribution in [0.4, 0.5) is 0 Å². The molecule has 0 bridgehead atoms. The van der Waals surface area contributed by atoms with Crippen molar-refractivity contribution in [1.29, 1.82) is 0 Å². The van der Waals surface area contributed by atoms with E-state index in [1.54, 1.807) is 0 Å². The highest BCUT2D eigenvalue weighted by Crippen LogP contribution is 2.44. The van der Waals surface area contributed by atoms with Gasteiger partial charge in [-0.1, -0.05) is 18.2 Å². The zero-order valence-corrected chi connectivity index (χ0v) is 12.3. The summed E-state index contributed by atoms with van der Waals surface area (Å²) < 4.78 is 6.14. The highest BCUT2D eigenvalue weighted by Gasteiger charge is 2.47. The molecule has 0 radical (unpaired) electrons. The molecule has 2 atom stereocenters. The Bertz CT molecular complexity index is 475. The number of nitrogens with zero attached hydrogens (tertiary/aromatic N) is 1. The smallest absolute Gasteiger partial charge is 0.123 e. The summed E-state index contributed by atoms with van der Waals surface area (Å²) in [6, 6.07) is 8.49. The van der Waals surface area contributed by atoms with E-state index in [0.29, 0.717) is 11.6 Å². The first kappa shape index (κ1) is 12.7. The summed E-state index contributed by atoms with van der Waals surface area (Å²) in [6.45, 7) is 6.92. The van der Waals surface area contributed by atoms with Gasteiger partial charge in [-0.2, -0.15) is 0 Å². The van der Waals surface area contributed by atoms with Crippen LogP contribution in [0, 0.1) is 5.92 Å². The molecule has 4 rings (SSSR count). The van der Waals surface area contributed by atoms with Crippen molar-refractivity contribution in [2.24, 2.45) is 5.92 Å². The summed E-state index contributed by atoms with van der Waals surface area (Å²) in [6.07, 6.45) is 4.21. The van der Waals surface area contributed by atoms with Gasteiger partial charge in [0.1, 0.15) is 11.9 Å². The van der Waals surface area contributed by atoms with Crippen molar-refractivity contribution >= 4 is 0 Å². The van der Waals surface area contributed by atoms with Crippen molar-refractivity contribution in [2.75, 3.05) is 26.2 Å². The van der Waals surface area contributed by atoms with E-state index in [1.807, 2.05) is 0 Å². The van der Waals surface area contributed by atoms with Crippen LogP contribution in [-0.4, -0.2) is 42.7 Å². The molecule has 2 unspecified atom stereocenters. The fraction of sp³-hybridized carbons (Fsp3) is 0.647. The molecule has 1 saturated carbocycles. The first-order chi connectivity index (χ1) is 9.75. The Hall–Kier alpha value is -1.06. The van der Waals surface area contributed by atoms with Gasteiger partial charge in [-0.25, -0.2) is 0 Å². The first-order valence-corrected chi connectivity index (χ1v) is 7.96. The maximum absolute atomic E-state index is 6.14. The Morgan fingerprint density at radius 2 is 2.20 bits per heavy atom. The maximum atomic E-state index is 6.14. The van der Waals surface area contributed by atoms with Crippen molar-refractivity contribution in [3.63, 3.8) is 0 Å². The molecule has 2 aliphatic heterocycles. The largest absolute Gasteiger partial charge is 0.488 e. The van der Waals surface area contributed by atoms with Crippen LogP contribution < -0.4 is 10.1 Å². The lowest BCUT2D eigenvalue weighted by Crippen LogP contribution is -2.62. The molecule has 1 saturated heterocycles. The zero-order valence-electron chi connectivity index (χ0n) is 12.3. The standard InChI is InChI=1S/C17H24N2O/c1-17(14-6-7-14)12-18-8-9-19(17)11-15-10-13-4-2-3-5-16(13)20-15/h2-5,14-15,18H,6-12H2,1H3. The lowest BCUT2D eigenvalue weighted by atomic mass is 9.90. The third kappa shape index (κ3) is 2.13. The number of hydrogen-bond acceptors (Lipinski definition) is 3. The molecule has 1 N–H and O–H groups in total. The van der Waals surface area contributed by atoms with Gasteiger partial charge in [-0.3, -0.25) is 4.90 Å². The van der Waals surface area contributed by atoms with Crippen LogP contribution in [0.1, 0.15) is 25.3 Å². The van der Waals surface area contributed by atoms with Gasteiger partial charge < -0.3 is 10.1 Å². The molecule has 0 aromatic heterocycles. The van der Waals surface area contributed by atoms with E-state index in [0.717, 1.165) is 44.3 Å². The van der Waals surface area contributed by atoms with Gasteiger partial charge in [-0.15, -0.1) is 0 Å². The molecule has 3 heteroatoms. The third-order valence-electron chi connectivity index (χ3n) is 5.36. The number of benzene rings is 1. The van der Waals surface area contributed by atoms with Crippen LogP contribution in [0.2, 0.25) is 0 Å². The highest BCUT2D eigenvalue weighted by atomic mass is 16.5. The van der Waals surface area contributed by atoms with E-state index >= 15 is 0 Å². The fourth-order valence-corrected chi connectivity index (χ4v) is 3.93. The summed E-state index contributed by atoms with van der Waals surface area (Å²) in [5.41, 5.74) is 1.72. The SMILES string of the molecule is CC1(C2CC2)CNCCN1CC1Cc2ccccc2O1. The molecule has 2 fully saturated rings. The summed E-state index contributed by atoms with van der Waals surface area (Å²) >= 11 is 0. The van der Waals surface area contributed by atoms with E-state index < -0.39 is 0 Å². The number of piperazine rings is 1. The summed E-state index contributed by atoms with van der Waals surface area (Å²) in [5.74, 6) is 1.99. The molecule has 1 aromatic carbocycles. The Kier molecular flexibility index (Phi) is 3.00. The lowest BCUT2D eigenvalue weighted by Gasteiger charge is -2.46. The van der Waals surface area contributed by atoms with Gasteiger partial charge in [0.15, 0.2) is 0 Å². The van der Waals surface area contributed by atoms with Crippen LogP contribution >= 0.6 is 0 Å². The van der Waals surface area contributed by atoms with Gasteiger partial charge in [-0.05, 0) is 37.3 Å². The predicted octanol–water partition coefficient (Wildman–Crippen LogP) is 2.06. The summed E-state index contributed by atoms with van der Waals surface area (Å²) in [4.78, 5) is 2.69. The quantitative estimate of drug-likeness (QED) is 0.911. The van der Waals surface area contributed by atoms with Crippen LogP contribution in [-0.2, 0) is 6.42 Å². The molecule has 0 spiro atoms. The van der Waals surface area contributed by atoms with Gasteiger partial charge in [0.25, 0.3) is 0 Å². The van der Waals surface area contributed by atoms with Crippen molar-refractivity contribution in [1.82, 2.24) is 10.2 Å². The maximum Gasteiger partial charge on any atom is 0.123 e. The highest BCUT2D eigenvalue weighted by molar-refractivity contribution is 5.37. The van der Waals surface area contributed by atoms with Crippen LogP contribution in [0.3, 0.4) is 0 Å². The summed E-state index contributed by atoms with van der Waals surface area (Å²) in [7, 11) is 0. The molecular formula is C17H24N2O. The Morgan fingerprint density at radius 1 is 1.35 bits per heavy atom. The minimum Gasteiger partial charge on any atom is -0.488 e. The second kappa shape index (κ2) is 4.74. The van der Waals surface area contributed by atoms with Crippen molar-refractivity contribution in [2.45, 2.75) is 37.8 Å². The number of fused-ring (bicyclic) bond motifs is 1. The molecule has 20 heavy (non-hydrogen) atoms. The normalized spacial score (nSPS) is 33.8. The van der Waals surface area contributed by atoms with Crippen molar-refractivity contribution in [3.8, 4) is 5.75 Å². The monoisotopic (exact) mass is 272 g/mol. The van der Waals surface area contributed by atoms with Gasteiger partial charge in [0.05, 0.1) is 0 Å². The second-order valence-corrected chi connectivity index (χ2v) is 6.81. The summed E-state index contributed by atoms with van der Waals surface area (Å²) in [5, 5.41) is 3.59. The van der Waals surface area contributed by atoms with Crippen LogP contribution in [0.5, 0.6) is 5.75 Å². The number of para-hydroxylation sites is 1. The topological polar surface area (TPSA) is 24.5 Å². The van der Waals surface area contributed by atoms with Crippen molar-refractivity contribution in [3.05, 3.63) is 29.8 Å². The van der Waals surface area contributed by atoms with Gasteiger partial charge in [0, 0.05) is 38.1 Å². The number of nitrogens with one attached hydrogen (secondary N) is 1. The third-order valence-corrected chi connectivity index (χ3v) is 5.36. The van der Waals surface area contributed by atoms with Crippen molar-refractivity contribution < 1.29 is 4.74 Å². The number of ether oxygens (including phenoxy) is 1. The number of hydrogen-bond donors (Lipinski definition) is 1. The Morgan fingerprint density at radius 3 is 3.00 bits per heavy atom. The van der Waals surface area contributed by atoms with E-state index in [1.165, 1.54) is 18.4 Å². The minimum atomic E-state index is 0.337.